The van der Waals surface area contributed by atoms with E-state index >= 15 is 0 Å². The molecular formula is C54H75N3O4S. The zero-order valence-corrected chi connectivity index (χ0v) is 40.5. The molecule has 0 radical (unpaired) electrons. The fourth-order valence-electron chi connectivity index (χ4n) is 7.51. The van der Waals surface area contributed by atoms with Crippen LogP contribution in [0.3, 0.4) is 0 Å². The van der Waals surface area contributed by atoms with E-state index in [4.69, 9.17) is 9.53 Å². The number of ether oxygens (including phenoxy) is 1. The third kappa shape index (κ3) is 15.0. The summed E-state index contributed by atoms with van der Waals surface area (Å²) in [5.41, 5.74) is 10.0. The summed E-state index contributed by atoms with van der Waals surface area (Å²) in [7, 11) is -0.853. The van der Waals surface area contributed by atoms with E-state index in [1.165, 1.54) is 38.8 Å². The number of benzene rings is 4. The molecular weight excluding hydrogens is 787 g/mol. The number of hydrogen-bond acceptors (Lipinski definition) is 7. The van der Waals surface area contributed by atoms with Gasteiger partial charge in [-0.15, -0.1) is 0 Å². The lowest BCUT2D eigenvalue weighted by atomic mass is 9.82. The van der Waals surface area contributed by atoms with Crippen LogP contribution in [0.2, 0.25) is 0 Å². The maximum Gasteiger partial charge on any atom is 0.333 e. The number of hydrogen-bond donors (Lipinski definition) is 1. The number of carbonyl (C=O) groups is 2. The molecule has 1 saturated carbocycles. The monoisotopic (exact) mass is 862 g/mol. The summed E-state index contributed by atoms with van der Waals surface area (Å²) in [5.74, 6) is -0.241. The number of rotatable bonds is 16. The third-order valence-electron chi connectivity index (χ3n) is 11.3. The Labute approximate surface area is 377 Å². The van der Waals surface area contributed by atoms with E-state index in [0.717, 1.165) is 73.6 Å². The van der Waals surface area contributed by atoms with Crippen molar-refractivity contribution >= 4 is 51.4 Å². The molecule has 7 nitrogen and oxygen atoms in total. The Morgan fingerprint density at radius 3 is 1.66 bits per heavy atom. The molecule has 4 aromatic carbocycles. The molecule has 4 aromatic rings. The van der Waals surface area contributed by atoms with E-state index in [1.807, 2.05) is 53.6 Å². The number of nitrogens with zero attached hydrogens (tertiary/aromatic N) is 2. The van der Waals surface area contributed by atoms with Crippen LogP contribution < -0.4 is 15.1 Å². The maximum absolute atomic E-state index is 12.4. The summed E-state index contributed by atoms with van der Waals surface area (Å²) < 4.78 is 16.8. The van der Waals surface area contributed by atoms with Crippen molar-refractivity contribution in [2.45, 2.75) is 113 Å². The Kier molecular flexibility index (Phi) is 23.6. The van der Waals surface area contributed by atoms with Crippen LogP contribution in [0.4, 0.5) is 17.1 Å². The predicted octanol–water partition coefficient (Wildman–Crippen LogP) is 13.2. The van der Waals surface area contributed by atoms with E-state index in [-0.39, 0.29) is 24.0 Å². The number of anilines is 3. The largest absolute Gasteiger partial charge is 0.457 e. The molecule has 0 saturated heterocycles. The normalized spacial score (nSPS) is 15.4. The van der Waals surface area contributed by atoms with Gasteiger partial charge in [0, 0.05) is 82.1 Å². The van der Waals surface area contributed by atoms with Crippen LogP contribution in [0.1, 0.15) is 118 Å². The second-order valence-electron chi connectivity index (χ2n) is 15.3. The number of allylic oxidation sites excluding steroid dienone is 5. The van der Waals surface area contributed by atoms with Crippen molar-refractivity contribution in [3.8, 4) is 0 Å². The number of esters is 1. The van der Waals surface area contributed by atoms with Crippen molar-refractivity contribution in [3.63, 3.8) is 0 Å². The van der Waals surface area contributed by atoms with Crippen LogP contribution in [0.25, 0.3) is 10.8 Å². The second kappa shape index (κ2) is 27.7. The fraction of sp³-hybridized carbons (Fsp3) is 0.407. The molecule has 0 heterocycles. The summed E-state index contributed by atoms with van der Waals surface area (Å²) in [6.07, 6.45) is 9.33. The summed E-state index contributed by atoms with van der Waals surface area (Å²) >= 11 is 0. The van der Waals surface area contributed by atoms with Gasteiger partial charge in [0.25, 0.3) is 0 Å². The lowest BCUT2D eigenvalue weighted by Crippen LogP contribution is -2.40. The molecule has 5 rings (SSSR count). The van der Waals surface area contributed by atoms with Gasteiger partial charge in [0.1, 0.15) is 12.9 Å². The zero-order valence-electron chi connectivity index (χ0n) is 39.7. The van der Waals surface area contributed by atoms with Crippen molar-refractivity contribution in [1.82, 2.24) is 0 Å². The molecule has 0 spiro atoms. The van der Waals surface area contributed by atoms with Crippen LogP contribution >= 0.6 is 0 Å². The van der Waals surface area contributed by atoms with Gasteiger partial charge >= 0.3 is 5.97 Å². The van der Waals surface area contributed by atoms with Crippen molar-refractivity contribution in [2.75, 3.05) is 47.6 Å². The van der Waals surface area contributed by atoms with Crippen molar-refractivity contribution in [2.24, 2.45) is 0 Å². The van der Waals surface area contributed by atoms with Crippen LogP contribution in [0.5, 0.6) is 0 Å². The molecule has 1 fully saturated rings. The van der Waals surface area contributed by atoms with Crippen LogP contribution in [0, 0.1) is 0 Å². The molecule has 1 N–H and O–H groups in total. The Hall–Kier alpha value is -5.21. The first-order chi connectivity index (χ1) is 29.8. The highest BCUT2D eigenvalue weighted by atomic mass is 32.2. The molecule has 3 atom stereocenters. The standard InChI is InChI=1S/C41H51N3O2.C10H16OS.C2H6.CH2O/c1-7-43(8-2)32-23-19-30(20-24-32)40(31-21-25-33(26-22-31)44(9-3)10-4)36-27-28-37(35-16-12-11-15-34(35)36)42-38-17-13-14-18-39(38)46-41(45)29(5)6;1-8(2)9(3)6-7-10(4)12(5)11;2*1-2/h11-12,15-16,19-28,38-40,42H,5,7-10,13-14,17-18H2,1-4,6H3;6-7H,1H2,2-5H3;1-2H3;1H2/b;9-6+,10-7+;;. The molecule has 0 aliphatic heterocycles. The minimum Gasteiger partial charge on any atom is -0.457 e. The summed E-state index contributed by atoms with van der Waals surface area (Å²) in [5, 5.41) is 6.22. The summed E-state index contributed by atoms with van der Waals surface area (Å²) in [4.78, 5) is 26.1. The predicted molar refractivity (Wildman–Crippen MR) is 270 cm³/mol. The minimum atomic E-state index is -0.853. The Bertz CT molecular complexity index is 2010. The van der Waals surface area contributed by atoms with E-state index < -0.39 is 10.8 Å². The van der Waals surface area contributed by atoms with Gasteiger partial charge in [0.2, 0.25) is 0 Å². The smallest absolute Gasteiger partial charge is 0.333 e. The molecule has 62 heavy (non-hydrogen) atoms. The van der Waals surface area contributed by atoms with E-state index in [9.17, 15) is 9.00 Å². The average molecular weight is 862 g/mol. The van der Waals surface area contributed by atoms with Crippen molar-refractivity contribution in [3.05, 3.63) is 149 Å². The topological polar surface area (TPSA) is 79.0 Å². The molecule has 1 aliphatic rings. The molecule has 0 amide bonds. The zero-order chi connectivity index (χ0) is 46.4. The first-order valence-corrected chi connectivity index (χ1v) is 23.9. The van der Waals surface area contributed by atoms with Gasteiger partial charge in [-0.05, 0) is 133 Å². The fourth-order valence-corrected chi connectivity index (χ4v) is 7.77. The van der Waals surface area contributed by atoms with Gasteiger partial charge in [-0.3, -0.25) is 4.21 Å². The second-order valence-corrected chi connectivity index (χ2v) is 16.9. The van der Waals surface area contributed by atoms with Gasteiger partial charge in [0.05, 0.1) is 6.04 Å². The van der Waals surface area contributed by atoms with Gasteiger partial charge in [-0.2, -0.15) is 0 Å². The maximum atomic E-state index is 12.4. The first-order valence-electron chi connectivity index (χ1n) is 22.3. The molecule has 1 aliphatic carbocycles. The SMILES string of the molecule is C=C(C)/C(C)=C/C=C(\C)S(C)=O.C=C(C)C(=O)OC1CCCCC1Nc1ccc(C(c2ccc(N(CC)CC)cc2)c2ccc(N(CC)CC)cc2)c2ccccc12.C=O.CC. The summed E-state index contributed by atoms with van der Waals surface area (Å²) in [6.45, 7) is 33.9. The van der Waals surface area contributed by atoms with Gasteiger partial charge < -0.3 is 24.6 Å². The average Bonchev–Trinajstić information content (AvgIpc) is 3.30. The number of carbonyl (C=O) groups excluding carboxylic acids is 2. The van der Waals surface area contributed by atoms with Gasteiger partial charge in [-0.25, -0.2) is 4.79 Å². The number of nitrogens with one attached hydrogen (secondary N) is 1. The van der Waals surface area contributed by atoms with E-state index in [2.05, 4.69) is 141 Å². The first kappa shape index (κ1) is 52.9. The van der Waals surface area contributed by atoms with Crippen molar-refractivity contribution in [1.29, 1.82) is 0 Å². The van der Waals surface area contributed by atoms with E-state index in [0.29, 0.717) is 5.57 Å². The third-order valence-corrected chi connectivity index (χ3v) is 12.4. The van der Waals surface area contributed by atoms with Crippen molar-refractivity contribution < 1.29 is 18.5 Å². The Balaban J connectivity index is 0.000000709. The highest BCUT2D eigenvalue weighted by molar-refractivity contribution is 7.88. The van der Waals surface area contributed by atoms with Gasteiger partial charge in [0.15, 0.2) is 0 Å². The molecule has 0 bridgehead atoms. The van der Waals surface area contributed by atoms with Crippen LogP contribution in [0.15, 0.2) is 132 Å². The van der Waals surface area contributed by atoms with E-state index in [1.54, 1.807) is 13.2 Å². The lowest BCUT2D eigenvalue weighted by Gasteiger charge is -2.33. The summed E-state index contributed by atoms with van der Waals surface area (Å²) in [6, 6.07) is 31.6. The highest BCUT2D eigenvalue weighted by Gasteiger charge is 2.29. The number of fused-ring (bicyclic) bond motifs is 1. The molecule has 3 unspecified atom stereocenters. The highest BCUT2D eigenvalue weighted by Crippen LogP contribution is 2.40. The van der Waals surface area contributed by atoms with Crippen LogP contribution in [-0.4, -0.2) is 61.5 Å². The Morgan fingerprint density at radius 2 is 1.21 bits per heavy atom. The molecule has 8 heteroatoms. The molecule has 0 aromatic heterocycles. The quantitative estimate of drug-likeness (QED) is 0.0520. The minimum absolute atomic E-state index is 0.0577. The van der Waals surface area contributed by atoms with Crippen LogP contribution in [-0.2, 0) is 25.1 Å². The molecule has 336 valence electrons. The lowest BCUT2D eigenvalue weighted by molar-refractivity contribution is -0.146. The van der Waals surface area contributed by atoms with Gasteiger partial charge in [-0.1, -0.05) is 106 Å². The Morgan fingerprint density at radius 1 is 0.726 bits per heavy atom.